The third-order valence-corrected chi connectivity index (χ3v) is 2.60. The fourth-order valence-electron chi connectivity index (χ4n) is 1.52. The smallest absolute Gasteiger partial charge is 0.336 e. The lowest BCUT2D eigenvalue weighted by Crippen LogP contribution is -2.13. The Bertz CT molecular complexity index is 468. The lowest BCUT2D eigenvalue weighted by Gasteiger charge is -2.09. The largest absolute Gasteiger partial charge is 0.481 e. The summed E-state index contributed by atoms with van der Waals surface area (Å²) in [6, 6.07) is 2.50. The highest BCUT2D eigenvalue weighted by molar-refractivity contribution is 5.89. The number of hydrogen-bond donors (Lipinski definition) is 2. The topological polar surface area (TPSA) is 74.6 Å². The first kappa shape index (κ1) is 13.2. The van der Waals surface area contributed by atoms with Crippen molar-refractivity contribution < 1.29 is 24.2 Å². The summed E-state index contributed by atoms with van der Waals surface area (Å²) in [4.78, 5) is 21.5. The van der Waals surface area contributed by atoms with E-state index in [2.05, 4.69) is 0 Å². The molecular weight excluding hydrogens is 227 g/mol. The molecule has 0 fully saturated rings. The molecule has 1 aromatic carbocycles. The van der Waals surface area contributed by atoms with Crippen molar-refractivity contribution in [3.05, 3.63) is 34.6 Å². The van der Waals surface area contributed by atoms with E-state index in [1.165, 1.54) is 26.0 Å². The second-order valence-electron chi connectivity index (χ2n) is 4.00. The maximum atomic E-state index is 13.4. The van der Waals surface area contributed by atoms with Crippen LogP contribution in [-0.4, -0.2) is 22.2 Å². The molecule has 2 N–H and O–H groups in total. The molecule has 0 saturated heterocycles. The average molecular weight is 240 g/mol. The third-order valence-electron chi connectivity index (χ3n) is 2.60. The minimum atomic E-state index is -1.22. The summed E-state index contributed by atoms with van der Waals surface area (Å²) in [6.07, 6.45) is 0.104. The standard InChI is InChI=1S/C12H13FO4/c1-6(11(14)15)3-8-4-9(12(16)17)7(2)10(13)5-8/h4-6H,3H2,1-2H3,(H,14,15)(H,16,17). The van der Waals surface area contributed by atoms with Crippen molar-refractivity contribution in [1.29, 1.82) is 0 Å². The number of rotatable bonds is 4. The normalized spacial score (nSPS) is 12.2. The molecule has 0 aliphatic carbocycles. The maximum absolute atomic E-state index is 13.4. The van der Waals surface area contributed by atoms with Gasteiger partial charge in [0.1, 0.15) is 5.82 Å². The molecule has 1 rings (SSSR count). The molecule has 0 aromatic heterocycles. The van der Waals surface area contributed by atoms with Crippen LogP contribution in [-0.2, 0) is 11.2 Å². The molecule has 4 nitrogen and oxygen atoms in total. The summed E-state index contributed by atoms with van der Waals surface area (Å²) >= 11 is 0. The first-order valence-corrected chi connectivity index (χ1v) is 5.08. The summed E-state index contributed by atoms with van der Waals surface area (Å²) < 4.78 is 13.4. The van der Waals surface area contributed by atoms with Crippen LogP contribution in [0.2, 0.25) is 0 Å². The molecule has 1 atom stereocenters. The molecule has 0 heterocycles. The fourth-order valence-corrected chi connectivity index (χ4v) is 1.52. The Morgan fingerprint density at radius 2 is 1.94 bits per heavy atom. The van der Waals surface area contributed by atoms with Gasteiger partial charge in [-0.15, -0.1) is 0 Å². The van der Waals surface area contributed by atoms with Gasteiger partial charge in [0.15, 0.2) is 0 Å². The molecule has 92 valence electrons. The molecule has 5 heteroatoms. The van der Waals surface area contributed by atoms with Crippen LogP contribution in [0.1, 0.15) is 28.4 Å². The van der Waals surface area contributed by atoms with Crippen molar-refractivity contribution in [2.75, 3.05) is 0 Å². The first-order chi connectivity index (χ1) is 7.82. The van der Waals surface area contributed by atoms with Gasteiger partial charge in [-0.25, -0.2) is 9.18 Å². The number of carboxylic acid groups (broad SMARTS) is 2. The molecule has 17 heavy (non-hydrogen) atoms. The Hall–Kier alpha value is -1.91. The van der Waals surface area contributed by atoms with Crippen molar-refractivity contribution in [2.24, 2.45) is 5.92 Å². The molecule has 1 unspecified atom stereocenters. The maximum Gasteiger partial charge on any atom is 0.336 e. The van der Waals surface area contributed by atoms with Gasteiger partial charge in [0.25, 0.3) is 0 Å². The van der Waals surface area contributed by atoms with Crippen LogP contribution in [0, 0.1) is 18.7 Å². The van der Waals surface area contributed by atoms with Crippen molar-refractivity contribution in [3.63, 3.8) is 0 Å². The predicted octanol–water partition coefficient (Wildman–Crippen LogP) is 2.10. The zero-order valence-electron chi connectivity index (χ0n) is 9.53. The van der Waals surface area contributed by atoms with E-state index in [1.807, 2.05) is 0 Å². The van der Waals surface area contributed by atoms with Crippen LogP contribution >= 0.6 is 0 Å². The summed E-state index contributed by atoms with van der Waals surface area (Å²) in [6.45, 7) is 2.86. The van der Waals surface area contributed by atoms with Crippen molar-refractivity contribution in [2.45, 2.75) is 20.3 Å². The average Bonchev–Trinajstić information content (AvgIpc) is 2.22. The number of hydrogen-bond acceptors (Lipinski definition) is 2. The molecule has 0 saturated carbocycles. The number of aliphatic carboxylic acids is 1. The van der Waals surface area contributed by atoms with E-state index in [4.69, 9.17) is 10.2 Å². The lowest BCUT2D eigenvalue weighted by molar-refractivity contribution is -0.141. The minimum Gasteiger partial charge on any atom is -0.481 e. The Morgan fingerprint density at radius 1 is 1.35 bits per heavy atom. The van der Waals surface area contributed by atoms with Gasteiger partial charge in [0.2, 0.25) is 0 Å². The van der Waals surface area contributed by atoms with Crippen LogP contribution in [0.25, 0.3) is 0 Å². The Morgan fingerprint density at radius 3 is 2.41 bits per heavy atom. The second-order valence-corrected chi connectivity index (χ2v) is 4.00. The van der Waals surface area contributed by atoms with Gasteiger partial charge in [-0.1, -0.05) is 6.92 Å². The van der Waals surface area contributed by atoms with E-state index in [-0.39, 0.29) is 17.5 Å². The summed E-state index contributed by atoms with van der Waals surface area (Å²) in [5.41, 5.74) is 0.308. The third kappa shape index (κ3) is 3.03. The highest BCUT2D eigenvalue weighted by Crippen LogP contribution is 2.18. The van der Waals surface area contributed by atoms with Crippen molar-refractivity contribution in [3.8, 4) is 0 Å². The van der Waals surface area contributed by atoms with Crippen LogP contribution in [0.5, 0.6) is 0 Å². The SMILES string of the molecule is Cc1c(F)cc(CC(C)C(=O)O)cc1C(=O)O. The van der Waals surface area contributed by atoms with Gasteiger partial charge in [-0.2, -0.15) is 0 Å². The molecule has 1 aromatic rings. The predicted molar refractivity (Wildman–Crippen MR) is 58.6 cm³/mol. The number of carbonyl (C=O) groups is 2. The number of halogens is 1. The molecule has 0 amide bonds. The minimum absolute atomic E-state index is 0.0595. The Kier molecular flexibility index (Phi) is 3.83. The molecule has 0 spiro atoms. The van der Waals surface area contributed by atoms with Gasteiger partial charge < -0.3 is 10.2 Å². The van der Waals surface area contributed by atoms with E-state index < -0.39 is 23.7 Å². The van der Waals surface area contributed by atoms with Gasteiger partial charge in [0.05, 0.1) is 11.5 Å². The van der Waals surface area contributed by atoms with Crippen LogP contribution < -0.4 is 0 Å². The van der Waals surface area contributed by atoms with E-state index in [0.717, 1.165) is 0 Å². The summed E-state index contributed by atoms with van der Waals surface area (Å²) in [5, 5.41) is 17.6. The molecule has 0 aliphatic heterocycles. The van der Waals surface area contributed by atoms with E-state index in [0.29, 0.717) is 5.56 Å². The van der Waals surface area contributed by atoms with Crippen molar-refractivity contribution in [1.82, 2.24) is 0 Å². The van der Waals surface area contributed by atoms with Crippen LogP contribution in [0.15, 0.2) is 12.1 Å². The lowest BCUT2D eigenvalue weighted by atomic mass is 9.97. The Balaban J connectivity index is 3.11. The number of aromatic carboxylic acids is 1. The number of benzene rings is 1. The van der Waals surface area contributed by atoms with Crippen molar-refractivity contribution >= 4 is 11.9 Å². The van der Waals surface area contributed by atoms with Gasteiger partial charge in [0, 0.05) is 0 Å². The van der Waals surface area contributed by atoms with Gasteiger partial charge in [-0.05, 0) is 36.6 Å². The highest BCUT2D eigenvalue weighted by Gasteiger charge is 2.16. The van der Waals surface area contributed by atoms with Crippen LogP contribution in [0.4, 0.5) is 4.39 Å². The van der Waals surface area contributed by atoms with Gasteiger partial charge >= 0.3 is 11.9 Å². The molecule has 0 radical (unpaired) electrons. The molecule has 0 bridgehead atoms. The Labute approximate surface area is 97.7 Å². The summed E-state index contributed by atoms with van der Waals surface area (Å²) in [5.74, 6) is -3.52. The van der Waals surface area contributed by atoms with E-state index in [9.17, 15) is 14.0 Å². The van der Waals surface area contributed by atoms with E-state index >= 15 is 0 Å². The monoisotopic (exact) mass is 240 g/mol. The zero-order valence-corrected chi connectivity index (χ0v) is 9.53. The quantitative estimate of drug-likeness (QED) is 0.845. The molecular formula is C12H13FO4. The second kappa shape index (κ2) is 4.95. The van der Waals surface area contributed by atoms with Gasteiger partial charge in [-0.3, -0.25) is 4.79 Å². The van der Waals surface area contributed by atoms with E-state index in [1.54, 1.807) is 0 Å². The zero-order chi connectivity index (χ0) is 13.2. The molecule has 0 aliphatic rings. The van der Waals surface area contributed by atoms with Crippen LogP contribution in [0.3, 0.4) is 0 Å². The first-order valence-electron chi connectivity index (χ1n) is 5.08. The number of carboxylic acids is 2. The fraction of sp³-hybridized carbons (Fsp3) is 0.333. The summed E-state index contributed by atoms with van der Waals surface area (Å²) in [7, 11) is 0. The highest BCUT2D eigenvalue weighted by atomic mass is 19.1.